The largest absolute Gasteiger partial charge is 0.508 e. The Labute approximate surface area is 74.8 Å². The van der Waals surface area contributed by atoms with Crippen LogP contribution in [0.15, 0.2) is 24.3 Å². The van der Waals surface area contributed by atoms with Gasteiger partial charge in [-0.3, -0.25) is 4.79 Å². The van der Waals surface area contributed by atoms with Crippen molar-refractivity contribution in [2.75, 3.05) is 0 Å². The molecule has 0 amide bonds. The maximum atomic E-state index is 10.6. The number of halogens is 1. The number of rotatable bonds is 2. The number of phenolic OH excluding ortho intramolecular Hbond substituents is 1. The predicted octanol–water partition coefficient (Wildman–Crippen LogP) is 1.16. The van der Waals surface area contributed by atoms with E-state index in [0.717, 1.165) is 0 Å². The molecule has 1 rings (SSSR count). The Morgan fingerprint density at radius 3 is 2.33 bits per heavy atom. The molecular formula is C8H8ClNO2. The lowest BCUT2D eigenvalue weighted by Crippen LogP contribution is -2.16. The molecule has 3 N–H and O–H groups in total. The van der Waals surface area contributed by atoms with Crippen LogP contribution in [0.25, 0.3) is 0 Å². The Morgan fingerprint density at radius 1 is 1.42 bits per heavy atom. The first kappa shape index (κ1) is 9.03. The van der Waals surface area contributed by atoms with Crippen molar-refractivity contribution in [3.63, 3.8) is 0 Å². The Kier molecular flexibility index (Phi) is 2.68. The normalized spacial score (nSPS) is 12.5. The molecule has 0 saturated heterocycles. The van der Waals surface area contributed by atoms with E-state index in [1.807, 2.05) is 0 Å². The van der Waals surface area contributed by atoms with Crippen molar-refractivity contribution in [3.8, 4) is 5.75 Å². The van der Waals surface area contributed by atoms with Gasteiger partial charge in [-0.25, -0.2) is 0 Å². The molecule has 0 aromatic heterocycles. The first-order chi connectivity index (χ1) is 5.61. The molecule has 0 aliphatic heterocycles. The molecule has 0 aliphatic rings. The summed E-state index contributed by atoms with van der Waals surface area (Å²) in [5, 5.41) is 8.31. The van der Waals surface area contributed by atoms with Crippen molar-refractivity contribution in [2.24, 2.45) is 5.73 Å². The topological polar surface area (TPSA) is 63.3 Å². The van der Waals surface area contributed by atoms with Crippen LogP contribution in [-0.4, -0.2) is 10.3 Å². The van der Waals surface area contributed by atoms with E-state index in [-0.39, 0.29) is 5.75 Å². The maximum Gasteiger partial charge on any atom is 0.242 e. The van der Waals surface area contributed by atoms with E-state index in [1.54, 1.807) is 12.1 Å². The summed E-state index contributed by atoms with van der Waals surface area (Å²) in [6.07, 6.45) is 0. The number of phenols is 1. The molecule has 64 valence electrons. The van der Waals surface area contributed by atoms with Gasteiger partial charge in [0.2, 0.25) is 5.24 Å². The van der Waals surface area contributed by atoms with E-state index in [9.17, 15) is 4.79 Å². The van der Waals surface area contributed by atoms with Crippen LogP contribution < -0.4 is 5.73 Å². The molecule has 0 spiro atoms. The van der Waals surface area contributed by atoms with Gasteiger partial charge in [0, 0.05) is 0 Å². The molecule has 0 radical (unpaired) electrons. The van der Waals surface area contributed by atoms with Crippen LogP contribution in [-0.2, 0) is 4.79 Å². The van der Waals surface area contributed by atoms with E-state index < -0.39 is 11.3 Å². The molecule has 1 aromatic rings. The summed E-state index contributed by atoms with van der Waals surface area (Å²) in [4.78, 5) is 10.6. The Morgan fingerprint density at radius 2 is 1.92 bits per heavy atom. The highest BCUT2D eigenvalue weighted by Gasteiger charge is 2.12. The molecule has 1 atom stereocenters. The lowest BCUT2D eigenvalue weighted by Gasteiger charge is -2.05. The summed E-state index contributed by atoms with van der Waals surface area (Å²) in [6, 6.07) is 5.21. The van der Waals surface area contributed by atoms with Gasteiger partial charge in [0.05, 0.1) is 0 Å². The fourth-order valence-electron chi connectivity index (χ4n) is 0.813. The van der Waals surface area contributed by atoms with Gasteiger partial charge in [-0.1, -0.05) is 12.1 Å². The van der Waals surface area contributed by atoms with E-state index >= 15 is 0 Å². The van der Waals surface area contributed by atoms with E-state index in [4.69, 9.17) is 22.4 Å². The molecule has 0 aliphatic carbocycles. The molecule has 3 nitrogen and oxygen atoms in total. The molecule has 4 heteroatoms. The second kappa shape index (κ2) is 3.56. The summed E-state index contributed by atoms with van der Waals surface area (Å²) < 4.78 is 0. The van der Waals surface area contributed by atoms with Crippen molar-refractivity contribution in [3.05, 3.63) is 29.8 Å². The smallest absolute Gasteiger partial charge is 0.242 e. The fourth-order valence-corrected chi connectivity index (χ4v) is 0.939. The minimum Gasteiger partial charge on any atom is -0.508 e. The lowest BCUT2D eigenvalue weighted by molar-refractivity contribution is -0.112. The summed E-state index contributed by atoms with van der Waals surface area (Å²) in [6.45, 7) is 0. The highest BCUT2D eigenvalue weighted by molar-refractivity contribution is 6.64. The first-order valence-corrected chi connectivity index (χ1v) is 3.73. The van der Waals surface area contributed by atoms with Gasteiger partial charge >= 0.3 is 0 Å². The molecule has 0 fully saturated rings. The fraction of sp³-hybridized carbons (Fsp3) is 0.125. The van der Waals surface area contributed by atoms with Gasteiger partial charge in [0.1, 0.15) is 11.8 Å². The van der Waals surface area contributed by atoms with Crippen LogP contribution in [0, 0.1) is 0 Å². The third kappa shape index (κ3) is 1.96. The van der Waals surface area contributed by atoms with Crippen molar-refractivity contribution in [2.45, 2.75) is 6.04 Å². The van der Waals surface area contributed by atoms with Gasteiger partial charge in [0.25, 0.3) is 0 Å². The molecule has 0 bridgehead atoms. The average Bonchev–Trinajstić information content (AvgIpc) is 2.04. The van der Waals surface area contributed by atoms with Crippen molar-refractivity contribution >= 4 is 16.8 Å². The number of nitrogens with two attached hydrogens (primary N) is 1. The maximum absolute atomic E-state index is 10.6. The van der Waals surface area contributed by atoms with Crippen LogP contribution in [0.5, 0.6) is 5.75 Å². The molecule has 1 aromatic carbocycles. The number of hydrogen-bond donors (Lipinski definition) is 2. The van der Waals surface area contributed by atoms with Crippen LogP contribution in [0.2, 0.25) is 0 Å². The summed E-state index contributed by atoms with van der Waals surface area (Å²) >= 11 is 5.18. The Balaban J connectivity index is 2.89. The average molecular weight is 186 g/mol. The first-order valence-electron chi connectivity index (χ1n) is 3.35. The van der Waals surface area contributed by atoms with E-state index in [2.05, 4.69) is 0 Å². The number of hydrogen-bond acceptors (Lipinski definition) is 3. The SMILES string of the molecule is NC(C(=O)Cl)c1ccc(O)cc1. The van der Waals surface area contributed by atoms with Crippen LogP contribution >= 0.6 is 11.6 Å². The summed E-state index contributed by atoms with van der Waals surface area (Å²) in [5.41, 5.74) is 6.02. The van der Waals surface area contributed by atoms with Crippen LogP contribution in [0.4, 0.5) is 0 Å². The quantitative estimate of drug-likeness (QED) is 0.680. The standard InChI is InChI=1S/C8H8ClNO2/c9-8(12)7(10)5-1-3-6(11)4-2-5/h1-4,7,11H,10H2. The van der Waals surface area contributed by atoms with Crippen LogP contribution in [0.3, 0.4) is 0 Å². The predicted molar refractivity (Wildman–Crippen MR) is 45.9 cm³/mol. The monoisotopic (exact) mass is 185 g/mol. The number of carbonyl (C=O) groups excluding carboxylic acids is 1. The number of benzene rings is 1. The van der Waals surface area contributed by atoms with Gasteiger partial charge in [0.15, 0.2) is 0 Å². The van der Waals surface area contributed by atoms with Crippen molar-refractivity contribution in [1.29, 1.82) is 0 Å². The number of aromatic hydroxyl groups is 1. The zero-order valence-corrected chi connectivity index (χ0v) is 6.95. The zero-order valence-electron chi connectivity index (χ0n) is 6.20. The highest BCUT2D eigenvalue weighted by Crippen LogP contribution is 2.16. The molecule has 0 saturated carbocycles. The third-order valence-electron chi connectivity index (χ3n) is 1.50. The summed E-state index contributed by atoms with van der Waals surface area (Å²) in [7, 11) is 0. The Bertz CT molecular complexity index is 284. The molecule has 12 heavy (non-hydrogen) atoms. The van der Waals surface area contributed by atoms with Gasteiger partial charge in [-0.2, -0.15) is 0 Å². The van der Waals surface area contributed by atoms with Gasteiger partial charge < -0.3 is 10.8 Å². The summed E-state index contributed by atoms with van der Waals surface area (Å²) in [5.74, 6) is 0.132. The lowest BCUT2D eigenvalue weighted by atomic mass is 10.1. The zero-order chi connectivity index (χ0) is 9.14. The highest BCUT2D eigenvalue weighted by atomic mass is 35.5. The molecule has 0 heterocycles. The van der Waals surface area contributed by atoms with E-state index in [1.165, 1.54) is 12.1 Å². The second-order valence-corrected chi connectivity index (χ2v) is 2.75. The Hall–Kier alpha value is -1.06. The minimum absolute atomic E-state index is 0.132. The van der Waals surface area contributed by atoms with Crippen molar-refractivity contribution < 1.29 is 9.90 Å². The third-order valence-corrected chi connectivity index (χ3v) is 1.73. The van der Waals surface area contributed by atoms with Gasteiger partial charge in [-0.05, 0) is 29.3 Å². The molecular weight excluding hydrogens is 178 g/mol. The van der Waals surface area contributed by atoms with Crippen LogP contribution in [0.1, 0.15) is 11.6 Å². The second-order valence-electron chi connectivity index (χ2n) is 2.37. The van der Waals surface area contributed by atoms with Crippen molar-refractivity contribution in [1.82, 2.24) is 0 Å². The molecule has 1 unspecified atom stereocenters. The van der Waals surface area contributed by atoms with E-state index in [0.29, 0.717) is 5.56 Å². The number of carbonyl (C=O) groups is 1. The van der Waals surface area contributed by atoms with Gasteiger partial charge in [-0.15, -0.1) is 0 Å². The minimum atomic E-state index is -0.813.